The second-order valence-corrected chi connectivity index (χ2v) is 13.8. The fourth-order valence-corrected chi connectivity index (χ4v) is 3.48. The molecule has 0 N–H and O–H groups in total. The molecular weight excluding hydrogens is 344 g/mol. The largest absolute Gasteiger partial charge is 0.416 e. The summed E-state index contributed by atoms with van der Waals surface area (Å²) in [7, 11) is -1.59. The first-order valence-electron chi connectivity index (χ1n) is 11.1. The van der Waals surface area contributed by atoms with Gasteiger partial charge in [0, 0.05) is 6.61 Å². The lowest BCUT2D eigenvalue weighted by molar-refractivity contribution is 0.294. The molecule has 0 atom stereocenters. The highest BCUT2D eigenvalue weighted by molar-refractivity contribution is 6.74. The van der Waals surface area contributed by atoms with E-state index >= 15 is 0 Å². The molecule has 0 saturated carbocycles. The Labute approximate surface area is 171 Å². The van der Waals surface area contributed by atoms with Gasteiger partial charge in [-0.25, -0.2) is 0 Å². The monoisotopic (exact) mass is 390 g/mol. The lowest BCUT2D eigenvalue weighted by atomic mass is 10.1. The average molecular weight is 391 g/mol. The van der Waals surface area contributed by atoms with Gasteiger partial charge in [0.05, 0.1) is 0 Å². The Kier molecular flexibility index (Phi) is 15.7. The lowest BCUT2D eigenvalue weighted by Crippen LogP contribution is -2.40. The van der Waals surface area contributed by atoms with E-state index in [2.05, 4.69) is 83.0 Å². The summed E-state index contributed by atoms with van der Waals surface area (Å²) in [4.78, 5) is 0. The van der Waals surface area contributed by atoms with Gasteiger partial charge in [-0.2, -0.15) is 0 Å². The molecule has 0 aromatic rings. The molecule has 0 aromatic carbocycles. The molecule has 156 valence electrons. The van der Waals surface area contributed by atoms with Gasteiger partial charge in [-0.1, -0.05) is 84.1 Å². The van der Waals surface area contributed by atoms with Crippen LogP contribution in [0.2, 0.25) is 18.1 Å². The smallest absolute Gasteiger partial charge is 0.191 e. The predicted octanol–water partition coefficient (Wildman–Crippen LogP) is 8.75. The standard InChI is InChI=1S/C25H46OSi/c1-7-8-9-10-11-12-13-14-15-16-17-18-19-20-21-22-23-24-26-27(5,6)25(2,3)4/h14-15,17-18,20,22H,7-13,16,19,23-24H2,1-6H3. The Balaban J connectivity index is 3.64. The summed E-state index contributed by atoms with van der Waals surface area (Å²) >= 11 is 0. The summed E-state index contributed by atoms with van der Waals surface area (Å²) in [5.41, 5.74) is 3.27. The maximum Gasteiger partial charge on any atom is 0.191 e. The molecule has 0 aliphatic rings. The van der Waals surface area contributed by atoms with Crippen LogP contribution in [0.3, 0.4) is 0 Å². The third-order valence-electron chi connectivity index (χ3n) is 5.35. The minimum absolute atomic E-state index is 0.292. The van der Waals surface area contributed by atoms with Gasteiger partial charge in [0.25, 0.3) is 0 Å². The molecule has 0 unspecified atom stereocenters. The van der Waals surface area contributed by atoms with Crippen molar-refractivity contribution < 1.29 is 4.43 Å². The summed E-state index contributed by atoms with van der Waals surface area (Å²) in [6.07, 6.45) is 25.8. The van der Waals surface area contributed by atoms with Crippen molar-refractivity contribution in [1.29, 1.82) is 0 Å². The van der Waals surface area contributed by atoms with Crippen LogP contribution in [-0.2, 0) is 4.43 Å². The highest BCUT2D eigenvalue weighted by Gasteiger charge is 2.36. The maximum atomic E-state index is 6.15. The average Bonchev–Trinajstić information content (AvgIpc) is 2.59. The maximum absolute atomic E-state index is 6.15. The van der Waals surface area contributed by atoms with Crippen LogP contribution >= 0.6 is 0 Å². The molecule has 0 aliphatic carbocycles. The van der Waals surface area contributed by atoms with E-state index in [9.17, 15) is 0 Å². The first kappa shape index (κ1) is 26.2. The predicted molar refractivity (Wildman–Crippen MR) is 126 cm³/mol. The Morgan fingerprint density at radius 1 is 0.778 bits per heavy atom. The molecule has 0 radical (unpaired) electrons. The molecule has 0 amide bonds. The highest BCUT2D eigenvalue weighted by atomic mass is 28.4. The van der Waals surface area contributed by atoms with Crippen LogP contribution in [-0.4, -0.2) is 14.9 Å². The summed E-state index contributed by atoms with van der Waals surface area (Å²) in [5.74, 6) is 0. The van der Waals surface area contributed by atoms with Crippen molar-refractivity contribution in [3.63, 3.8) is 0 Å². The number of rotatable bonds is 15. The first-order chi connectivity index (χ1) is 12.8. The van der Waals surface area contributed by atoms with Crippen molar-refractivity contribution in [2.45, 2.75) is 110 Å². The molecule has 0 aromatic heterocycles. The van der Waals surface area contributed by atoms with Crippen molar-refractivity contribution >= 4 is 8.32 Å². The Hall–Kier alpha value is -0.823. The molecule has 0 aliphatic heterocycles. The van der Waals surface area contributed by atoms with Crippen molar-refractivity contribution in [1.82, 2.24) is 0 Å². The molecular formula is C25H46OSi. The van der Waals surface area contributed by atoms with E-state index in [4.69, 9.17) is 4.43 Å². The molecule has 27 heavy (non-hydrogen) atoms. The van der Waals surface area contributed by atoms with E-state index in [0.29, 0.717) is 5.04 Å². The Morgan fingerprint density at radius 2 is 1.41 bits per heavy atom. The van der Waals surface area contributed by atoms with Crippen LogP contribution < -0.4 is 0 Å². The number of unbranched alkanes of at least 4 members (excludes halogenated alkanes) is 6. The zero-order valence-corrected chi connectivity index (χ0v) is 20.2. The van der Waals surface area contributed by atoms with Gasteiger partial charge in [-0.3, -0.25) is 0 Å². The van der Waals surface area contributed by atoms with E-state index in [1.54, 1.807) is 0 Å². The molecule has 0 saturated heterocycles. The molecule has 2 heteroatoms. The first-order valence-corrected chi connectivity index (χ1v) is 14.1. The Morgan fingerprint density at radius 3 is 2.11 bits per heavy atom. The fraction of sp³-hybridized carbons (Fsp3) is 0.720. The third-order valence-corrected chi connectivity index (χ3v) is 9.89. The van der Waals surface area contributed by atoms with E-state index in [1.165, 1.54) is 44.9 Å². The molecule has 0 spiro atoms. The van der Waals surface area contributed by atoms with Gasteiger partial charge < -0.3 is 4.43 Å². The van der Waals surface area contributed by atoms with Crippen molar-refractivity contribution in [3.8, 4) is 0 Å². The SMILES string of the molecule is CCCCCCCCC=CCC=CCC=C=CCCO[Si](C)(C)C(C)(C)C. The van der Waals surface area contributed by atoms with Crippen LogP contribution in [0.1, 0.15) is 91.9 Å². The van der Waals surface area contributed by atoms with Gasteiger partial charge in [-0.15, -0.1) is 5.73 Å². The van der Waals surface area contributed by atoms with Crippen LogP contribution in [0.15, 0.2) is 42.2 Å². The van der Waals surface area contributed by atoms with E-state index in [0.717, 1.165) is 25.9 Å². The fourth-order valence-electron chi connectivity index (χ4n) is 2.42. The van der Waals surface area contributed by atoms with E-state index < -0.39 is 8.32 Å². The van der Waals surface area contributed by atoms with Crippen LogP contribution in [0, 0.1) is 0 Å². The number of allylic oxidation sites excluding steroid dienone is 4. The normalized spacial score (nSPS) is 12.7. The zero-order chi connectivity index (χ0) is 20.4. The van der Waals surface area contributed by atoms with Gasteiger partial charge in [0.1, 0.15) is 0 Å². The lowest BCUT2D eigenvalue weighted by Gasteiger charge is -2.36. The van der Waals surface area contributed by atoms with Gasteiger partial charge in [0.15, 0.2) is 8.32 Å². The Bertz CT molecular complexity index is 459. The molecule has 0 bridgehead atoms. The van der Waals surface area contributed by atoms with Crippen LogP contribution in [0.25, 0.3) is 0 Å². The molecule has 0 fully saturated rings. The minimum atomic E-state index is -1.59. The topological polar surface area (TPSA) is 9.23 Å². The zero-order valence-electron chi connectivity index (χ0n) is 19.2. The summed E-state index contributed by atoms with van der Waals surface area (Å²) in [6, 6.07) is 0. The summed E-state index contributed by atoms with van der Waals surface area (Å²) in [5, 5.41) is 0.292. The van der Waals surface area contributed by atoms with Gasteiger partial charge >= 0.3 is 0 Å². The van der Waals surface area contributed by atoms with Crippen LogP contribution in [0.4, 0.5) is 0 Å². The number of hydrogen-bond donors (Lipinski definition) is 0. The second kappa shape index (κ2) is 16.2. The number of hydrogen-bond acceptors (Lipinski definition) is 1. The van der Waals surface area contributed by atoms with Gasteiger partial charge in [-0.05, 0) is 62.4 Å². The molecule has 0 heterocycles. The van der Waals surface area contributed by atoms with Crippen molar-refractivity contribution in [2.24, 2.45) is 0 Å². The highest BCUT2D eigenvalue weighted by Crippen LogP contribution is 2.36. The van der Waals surface area contributed by atoms with Gasteiger partial charge in [0.2, 0.25) is 0 Å². The quantitative estimate of drug-likeness (QED) is 0.117. The minimum Gasteiger partial charge on any atom is -0.416 e. The van der Waals surface area contributed by atoms with Crippen LogP contribution in [0.5, 0.6) is 0 Å². The summed E-state index contributed by atoms with van der Waals surface area (Å²) < 4.78 is 6.15. The second-order valence-electron chi connectivity index (χ2n) is 8.94. The van der Waals surface area contributed by atoms with E-state index in [-0.39, 0.29) is 0 Å². The summed E-state index contributed by atoms with van der Waals surface area (Å²) in [6.45, 7) is 14.5. The molecule has 1 nitrogen and oxygen atoms in total. The van der Waals surface area contributed by atoms with Crippen molar-refractivity contribution in [3.05, 3.63) is 42.2 Å². The molecule has 0 rings (SSSR count). The van der Waals surface area contributed by atoms with E-state index in [1.807, 2.05) is 0 Å². The third kappa shape index (κ3) is 15.9. The van der Waals surface area contributed by atoms with Crippen molar-refractivity contribution in [2.75, 3.05) is 6.61 Å².